The Labute approximate surface area is 219 Å². The highest BCUT2D eigenvalue weighted by Gasteiger charge is 2.32. The molecule has 1 amide bonds. The van der Waals surface area contributed by atoms with Crippen LogP contribution in [0.25, 0.3) is 17.3 Å². The second-order valence-corrected chi connectivity index (χ2v) is 10.2. The van der Waals surface area contributed by atoms with Gasteiger partial charge in [0.05, 0.1) is 29.6 Å². The van der Waals surface area contributed by atoms with Gasteiger partial charge in [-0.25, -0.2) is 14.1 Å². The Morgan fingerprint density at radius 3 is 2.53 bits per heavy atom. The minimum Gasteiger partial charge on any atom is -0.372 e. The summed E-state index contributed by atoms with van der Waals surface area (Å²) in [6, 6.07) is 11.8. The molecule has 3 aromatic rings. The number of piperidine rings is 1. The number of carbonyl (C=O) groups excluding carboxylic acids is 1. The lowest BCUT2D eigenvalue weighted by atomic mass is 9.99. The summed E-state index contributed by atoms with van der Waals surface area (Å²) in [5.74, 6) is -0.599. The lowest BCUT2D eigenvalue weighted by molar-refractivity contribution is 0.0363. The summed E-state index contributed by atoms with van der Waals surface area (Å²) in [5, 5.41) is 7.67. The fraction of sp³-hybridized carbons (Fsp3) is 0.333. The Morgan fingerprint density at radius 1 is 1.11 bits per heavy atom. The van der Waals surface area contributed by atoms with Crippen molar-refractivity contribution >= 4 is 40.8 Å². The molecule has 1 fully saturated rings. The topological polar surface area (TPSA) is 59.4 Å². The maximum Gasteiger partial charge on any atom is 0.286 e. The number of hydrogen-bond donors (Lipinski definition) is 1. The molecule has 2 aliphatic heterocycles. The number of ether oxygens (including phenoxy) is 1. The number of carbonyl (C=O) groups is 1. The lowest BCUT2D eigenvalue weighted by Crippen LogP contribution is -2.54. The van der Waals surface area contributed by atoms with Crippen molar-refractivity contribution in [3.05, 3.63) is 80.8 Å². The minimum absolute atomic E-state index is 0.228. The third kappa shape index (κ3) is 4.93. The summed E-state index contributed by atoms with van der Waals surface area (Å²) in [6.07, 6.45) is 5.09. The van der Waals surface area contributed by atoms with Crippen molar-refractivity contribution < 1.29 is 13.9 Å². The predicted octanol–water partition coefficient (Wildman–Crippen LogP) is 6.30. The van der Waals surface area contributed by atoms with E-state index < -0.39 is 0 Å². The van der Waals surface area contributed by atoms with Crippen LogP contribution in [0.5, 0.6) is 0 Å². The van der Waals surface area contributed by atoms with E-state index in [0.717, 1.165) is 36.1 Å². The Morgan fingerprint density at radius 2 is 1.83 bits per heavy atom. The molecule has 36 heavy (non-hydrogen) atoms. The van der Waals surface area contributed by atoms with Gasteiger partial charge in [0.15, 0.2) is 5.69 Å². The Kier molecular flexibility index (Phi) is 7.17. The van der Waals surface area contributed by atoms with Crippen molar-refractivity contribution in [3.63, 3.8) is 0 Å². The molecule has 6 nitrogen and oxygen atoms in total. The van der Waals surface area contributed by atoms with Gasteiger partial charge in [0.2, 0.25) is 0 Å². The molecule has 0 aliphatic carbocycles. The van der Waals surface area contributed by atoms with Crippen LogP contribution in [0.4, 0.5) is 4.39 Å². The SMILES string of the molecule is CC1CCCC(C)N1NC(=O)c1nn(-c2ccc(Cl)cc2Cl)c2c1COCC2=Cc1ccc(F)cc1. The van der Waals surface area contributed by atoms with E-state index in [-0.39, 0.29) is 36.1 Å². The highest BCUT2D eigenvalue weighted by Crippen LogP contribution is 2.35. The fourth-order valence-electron chi connectivity index (χ4n) is 4.94. The maximum atomic E-state index is 13.6. The average Bonchev–Trinajstić information content (AvgIpc) is 3.23. The molecule has 2 aliphatic rings. The van der Waals surface area contributed by atoms with Crippen LogP contribution in [-0.2, 0) is 11.3 Å². The molecule has 0 saturated carbocycles. The van der Waals surface area contributed by atoms with Crippen molar-refractivity contribution in [1.82, 2.24) is 20.2 Å². The van der Waals surface area contributed by atoms with Gasteiger partial charge in [-0.3, -0.25) is 10.2 Å². The number of nitrogens with zero attached hydrogens (tertiary/aromatic N) is 3. The third-order valence-corrected chi connectivity index (χ3v) is 7.32. The van der Waals surface area contributed by atoms with Crippen molar-refractivity contribution in [3.8, 4) is 5.69 Å². The molecule has 1 aromatic heterocycles. The van der Waals surface area contributed by atoms with Gasteiger partial charge in [-0.15, -0.1) is 0 Å². The average molecular weight is 529 g/mol. The van der Waals surface area contributed by atoms with E-state index in [4.69, 9.17) is 33.0 Å². The zero-order chi connectivity index (χ0) is 25.4. The molecule has 9 heteroatoms. The number of hydrogen-bond acceptors (Lipinski definition) is 4. The number of halogens is 3. The van der Waals surface area contributed by atoms with Gasteiger partial charge in [0.25, 0.3) is 5.91 Å². The number of fused-ring (bicyclic) bond motifs is 1. The van der Waals surface area contributed by atoms with Gasteiger partial charge in [-0.05, 0) is 68.7 Å². The largest absolute Gasteiger partial charge is 0.372 e. The van der Waals surface area contributed by atoms with Crippen LogP contribution in [0.1, 0.15) is 60.4 Å². The fourth-order valence-corrected chi connectivity index (χ4v) is 5.43. The second-order valence-electron chi connectivity index (χ2n) is 9.37. The lowest BCUT2D eigenvalue weighted by Gasteiger charge is -2.38. The standard InChI is InChI=1S/C27H27Cl2FN4O2/c1-16-4-3-5-17(2)33(16)32-27(35)25-22-15-36-14-19(12-18-6-9-21(30)10-7-18)26(22)34(31-25)24-11-8-20(28)13-23(24)29/h6-13,16-17H,3-5,14-15H2,1-2H3,(H,32,35). The molecule has 1 saturated heterocycles. The normalized spacial score (nSPS) is 21.4. The van der Waals surface area contributed by atoms with E-state index in [2.05, 4.69) is 19.3 Å². The number of nitrogens with one attached hydrogen (secondary N) is 1. The van der Waals surface area contributed by atoms with Crippen LogP contribution in [0, 0.1) is 5.82 Å². The van der Waals surface area contributed by atoms with Crippen LogP contribution in [0.3, 0.4) is 0 Å². The summed E-state index contributed by atoms with van der Waals surface area (Å²) in [5.41, 5.74) is 7.00. The molecule has 1 N–H and O–H groups in total. The molecule has 0 spiro atoms. The van der Waals surface area contributed by atoms with Gasteiger partial charge in [0, 0.05) is 28.2 Å². The van der Waals surface area contributed by atoms with Gasteiger partial charge in [-0.1, -0.05) is 41.8 Å². The van der Waals surface area contributed by atoms with Crippen LogP contribution >= 0.6 is 23.2 Å². The Balaban J connectivity index is 1.61. The van der Waals surface area contributed by atoms with Crippen LogP contribution < -0.4 is 5.43 Å². The molecule has 2 unspecified atom stereocenters. The van der Waals surface area contributed by atoms with Gasteiger partial charge < -0.3 is 4.74 Å². The summed E-state index contributed by atoms with van der Waals surface area (Å²) < 4.78 is 21.0. The second kappa shape index (κ2) is 10.3. The highest BCUT2D eigenvalue weighted by molar-refractivity contribution is 6.35. The molecular formula is C27H27Cl2FN4O2. The summed E-state index contributed by atoms with van der Waals surface area (Å²) in [4.78, 5) is 13.6. The zero-order valence-corrected chi connectivity index (χ0v) is 21.6. The summed E-state index contributed by atoms with van der Waals surface area (Å²) >= 11 is 12.7. The van der Waals surface area contributed by atoms with E-state index in [9.17, 15) is 9.18 Å². The van der Waals surface area contributed by atoms with Crippen molar-refractivity contribution in [1.29, 1.82) is 0 Å². The maximum absolute atomic E-state index is 13.6. The quantitative estimate of drug-likeness (QED) is 0.431. The summed E-state index contributed by atoms with van der Waals surface area (Å²) in [7, 11) is 0. The Bertz CT molecular complexity index is 1310. The van der Waals surface area contributed by atoms with Gasteiger partial charge in [-0.2, -0.15) is 5.10 Å². The number of aromatic nitrogens is 2. The molecular weight excluding hydrogens is 502 g/mol. The summed E-state index contributed by atoms with van der Waals surface area (Å²) in [6.45, 7) is 4.77. The number of hydrazine groups is 1. The van der Waals surface area contributed by atoms with Crippen LogP contribution in [-0.4, -0.2) is 39.4 Å². The first kappa shape index (κ1) is 25.0. The zero-order valence-electron chi connectivity index (χ0n) is 20.1. The van der Waals surface area contributed by atoms with E-state index in [1.54, 1.807) is 35.0 Å². The molecule has 5 rings (SSSR count). The van der Waals surface area contributed by atoms with E-state index >= 15 is 0 Å². The van der Waals surface area contributed by atoms with Crippen LogP contribution in [0.2, 0.25) is 10.0 Å². The first-order chi connectivity index (χ1) is 17.3. The van der Waals surface area contributed by atoms with Crippen molar-refractivity contribution in [2.45, 2.75) is 51.8 Å². The third-order valence-electron chi connectivity index (χ3n) is 6.78. The van der Waals surface area contributed by atoms with Crippen molar-refractivity contribution in [2.24, 2.45) is 0 Å². The molecule has 0 radical (unpaired) electrons. The van der Waals surface area contributed by atoms with E-state index in [1.165, 1.54) is 12.1 Å². The Hall–Kier alpha value is -2.71. The molecule has 188 valence electrons. The first-order valence-corrected chi connectivity index (χ1v) is 12.8. The molecule has 2 aromatic carbocycles. The molecule has 2 atom stereocenters. The minimum atomic E-state index is -0.309. The number of benzene rings is 2. The predicted molar refractivity (Wildman–Crippen MR) is 140 cm³/mol. The van der Waals surface area contributed by atoms with E-state index in [1.807, 2.05) is 11.1 Å². The van der Waals surface area contributed by atoms with E-state index in [0.29, 0.717) is 27.9 Å². The first-order valence-electron chi connectivity index (χ1n) is 12.0. The van der Waals surface area contributed by atoms with Gasteiger partial charge in [0.1, 0.15) is 5.82 Å². The number of rotatable bonds is 4. The monoisotopic (exact) mass is 528 g/mol. The highest BCUT2D eigenvalue weighted by atomic mass is 35.5. The van der Waals surface area contributed by atoms with Crippen LogP contribution in [0.15, 0.2) is 42.5 Å². The number of amides is 1. The van der Waals surface area contributed by atoms with Gasteiger partial charge >= 0.3 is 0 Å². The molecule has 0 bridgehead atoms. The molecule has 3 heterocycles. The smallest absolute Gasteiger partial charge is 0.286 e. The van der Waals surface area contributed by atoms with Crippen molar-refractivity contribution in [2.75, 3.05) is 6.61 Å².